The fourth-order valence-corrected chi connectivity index (χ4v) is 4.24. The molecule has 124 valence electrons. The summed E-state index contributed by atoms with van der Waals surface area (Å²) in [6, 6.07) is 27.1. The van der Waals surface area contributed by atoms with Crippen LogP contribution in [0, 0.1) is 0 Å². The van der Waals surface area contributed by atoms with Gasteiger partial charge in [0.15, 0.2) is 0 Å². The lowest BCUT2D eigenvalue weighted by atomic mass is 10.2. The van der Waals surface area contributed by atoms with Gasteiger partial charge in [0.1, 0.15) is 16.9 Å². The van der Waals surface area contributed by atoms with Crippen molar-refractivity contribution in [1.29, 1.82) is 0 Å². The number of nitrogens with one attached hydrogen (secondary N) is 1. The van der Waals surface area contributed by atoms with Gasteiger partial charge in [-0.1, -0.05) is 66.2 Å². The molecule has 0 aliphatic heterocycles. The summed E-state index contributed by atoms with van der Waals surface area (Å²) >= 11 is 6.61. The van der Waals surface area contributed by atoms with Crippen LogP contribution in [0.3, 0.4) is 0 Å². The van der Waals surface area contributed by atoms with Crippen molar-refractivity contribution in [3.05, 3.63) is 90.0 Å². The van der Waals surface area contributed by atoms with E-state index in [2.05, 4.69) is 4.98 Å². The molecular weight excluding hydrogens is 353 g/mol. The number of halogens is 1. The Labute approximate surface area is 152 Å². The molecule has 1 aromatic heterocycles. The minimum absolute atomic E-state index is 0.633. The highest BCUT2D eigenvalue weighted by Crippen LogP contribution is 2.42. The van der Waals surface area contributed by atoms with Crippen LogP contribution in [0.4, 0.5) is 0 Å². The van der Waals surface area contributed by atoms with Gasteiger partial charge in [-0.25, -0.2) is 0 Å². The number of benzene rings is 3. The Kier molecular flexibility index (Phi) is 4.60. The molecule has 4 aromatic rings. The van der Waals surface area contributed by atoms with Gasteiger partial charge in [-0.15, -0.1) is 0 Å². The summed E-state index contributed by atoms with van der Waals surface area (Å²) in [6.07, 6.45) is 0. The molecular formula is C20H15ClNO2P. The van der Waals surface area contributed by atoms with E-state index in [4.69, 9.17) is 20.6 Å². The quantitative estimate of drug-likeness (QED) is 0.444. The average molecular weight is 368 g/mol. The lowest BCUT2D eigenvalue weighted by Gasteiger charge is -2.18. The van der Waals surface area contributed by atoms with E-state index >= 15 is 0 Å². The molecule has 0 atom stereocenters. The molecule has 0 saturated carbocycles. The van der Waals surface area contributed by atoms with Gasteiger partial charge in [-0.3, -0.25) is 0 Å². The maximum absolute atomic E-state index is 6.61. The van der Waals surface area contributed by atoms with E-state index in [-0.39, 0.29) is 0 Å². The second-order valence-electron chi connectivity index (χ2n) is 5.40. The first-order valence-corrected chi connectivity index (χ1v) is 9.39. The first-order valence-electron chi connectivity index (χ1n) is 7.83. The highest BCUT2D eigenvalue weighted by Gasteiger charge is 2.25. The van der Waals surface area contributed by atoms with Crippen LogP contribution in [0.25, 0.3) is 10.9 Å². The Bertz CT molecular complexity index is 931. The monoisotopic (exact) mass is 367 g/mol. The zero-order chi connectivity index (χ0) is 17.1. The minimum atomic E-state index is -1.46. The van der Waals surface area contributed by atoms with Gasteiger partial charge in [-0.05, 0) is 30.3 Å². The molecule has 0 aliphatic rings. The maximum atomic E-state index is 6.61. The molecule has 0 radical (unpaired) electrons. The molecule has 1 N–H and O–H groups in total. The molecule has 3 nitrogen and oxygen atoms in total. The van der Waals surface area contributed by atoms with Gasteiger partial charge in [0, 0.05) is 10.9 Å². The van der Waals surface area contributed by atoms with Gasteiger partial charge >= 0.3 is 8.38 Å². The van der Waals surface area contributed by atoms with Crippen LogP contribution < -0.4 is 14.5 Å². The number of para-hydroxylation sites is 3. The summed E-state index contributed by atoms with van der Waals surface area (Å²) in [5, 5.41) is 1.59. The van der Waals surface area contributed by atoms with Crippen molar-refractivity contribution >= 4 is 36.3 Å². The second-order valence-corrected chi connectivity index (χ2v) is 7.10. The molecule has 0 spiro atoms. The van der Waals surface area contributed by atoms with E-state index in [9.17, 15) is 0 Å². The van der Waals surface area contributed by atoms with Crippen molar-refractivity contribution in [3.63, 3.8) is 0 Å². The number of H-pyrrole nitrogens is 1. The Morgan fingerprint density at radius 1 is 0.680 bits per heavy atom. The van der Waals surface area contributed by atoms with Crippen molar-refractivity contribution in [2.24, 2.45) is 0 Å². The number of rotatable bonds is 5. The van der Waals surface area contributed by atoms with Gasteiger partial charge in [0.2, 0.25) is 0 Å². The highest BCUT2D eigenvalue weighted by molar-refractivity contribution is 7.56. The van der Waals surface area contributed by atoms with E-state index in [1.165, 1.54) is 0 Å². The summed E-state index contributed by atoms with van der Waals surface area (Å²) in [5.74, 6) is 1.47. The molecule has 0 fully saturated rings. The third-order valence-corrected chi connectivity index (χ3v) is 5.65. The van der Waals surface area contributed by atoms with Gasteiger partial charge in [-0.2, -0.15) is 0 Å². The molecule has 25 heavy (non-hydrogen) atoms. The Balaban J connectivity index is 1.74. The Hall–Kier alpha value is -2.48. The number of aromatic amines is 1. The van der Waals surface area contributed by atoms with Gasteiger partial charge in [0.25, 0.3) is 0 Å². The highest BCUT2D eigenvalue weighted by atomic mass is 35.5. The number of aromatic nitrogens is 1. The van der Waals surface area contributed by atoms with E-state index in [1.807, 2.05) is 84.9 Å². The lowest BCUT2D eigenvalue weighted by Crippen LogP contribution is -2.12. The predicted molar refractivity (Wildman–Crippen MR) is 104 cm³/mol. The minimum Gasteiger partial charge on any atom is -0.434 e. The molecule has 0 aliphatic carbocycles. The van der Waals surface area contributed by atoms with Crippen molar-refractivity contribution in [2.45, 2.75) is 0 Å². The summed E-state index contributed by atoms with van der Waals surface area (Å²) < 4.78 is 12.3. The molecule has 4 rings (SSSR count). The van der Waals surface area contributed by atoms with Gasteiger partial charge in [0.05, 0.1) is 5.02 Å². The fourth-order valence-electron chi connectivity index (χ4n) is 2.48. The van der Waals surface area contributed by atoms with Crippen LogP contribution in [0.5, 0.6) is 11.5 Å². The normalized spacial score (nSPS) is 11.0. The number of hydrogen-bond acceptors (Lipinski definition) is 2. The lowest BCUT2D eigenvalue weighted by molar-refractivity contribution is 0.501. The number of hydrogen-bond donors (Lipinski definition) is 1. The van der Waals surface area contributed by atoms with E-state index in [1.54, 1.807) is 0 Å². The van der Waals surface area contributed by atoms with E-state index in [0.717, 1.165) is 27.8 Å². The van der Waals surface area contributed by atoms with E-state index in [0.29, 0.717) is 5.02 Å². The molecule has 0 amide bonds. The summed E-state index contributed by atoms with van der Waals surface area (Å²) in [6.45, 7) is 0. The Morgan fingerprint density at radius 2 is 1.20 bits per heavy atom. The first kappa shape index (κ1) is 16.0. The molecule has 5 heteroatoms. The third kappa shape index (κ3) is 3.48. The van der Waals surface area contributed by atoms with Crippen LogP contribution in [0.15, 0.2) is 84.9 Å². The SMILES string of the molecule is Clc1c(P(Oc2ccccc2)Oc2ccccc2)[nH]c2ccccc12. The summed E-state index contributed by atoms with van der Waals surface area (Å²) in [5.41, 5.74) is 1.72. The topological polar surface area (TPSA) is 34.2 Å². The van der Waals surface area contributed by atoms with E-state index < -0.39 is 8.38 Å². The molecule has 0 bridgehead atoms. The van der Waals surface area contributed by atoms with Crippen molar-refractivity contribution in [3.8, 4) is 11.5 Å². The van der Waals surface area contributed by atoms with Crippen LogP contribution in [-0.4, -0.2) is 4.98 Å². The van der Waals surface area contributed by atoms with Crippen LogP contribution in [0.2, 0.25) is 5.02 Å². The van der Waals surface area contributed by atoms with Crippen LogP contribution >= 0.6 is 20.0 Å². The third-order valence-electron chi connectivity index (χ3n) is 3.67. The zero-order valence-corrected chi connectivity index (χ0v) is 14.9. The summed E-state index contributed by atoms with van der Waals surface area (Å²) in [4.78, 5) is 3.35. The fraction of sp³-hybridized carbons (Fsp3) is 0. The number of fused-ring (bicyclic) bond motifs is 1. The molecule has 1 heterocycles. The maximum Gasteiger partial charge on any atom is 0.345 e. The Morgan fingerprint density at radius 3 is 1.76 bits per heavy atom. The smallest absolute Gasteiger partial charge is 0.345 e. The van der Waals surface area contributed by atoms with Crippen LogP contribution in [0.1, 0.15) is 0 Å². The largest absolute Gasteiger partial charge is 0.434 e. The molecule has 0 saturated heterocycles. The van der Waals surface area contributed by atoms with Crippen molar-refractivity contribution < 1.29 is 9.05 Å². The molecule has 0 unspecified atom stereocenters. The molecule has 3 aromatic carbocycles. The second kappa shape index (κ2) is 7.18. The van der Waals surface area contributed by atoms with Crippen LogP contribution in [-0.2, 0) is 0 Å². The average Bonchev–Trinajstić information content (AvgIpc) is 3.00. The summed E-state index contributed by atoms with van der Waals surface area (Å²) in [7, 11) is -1.46. The van der Waals surface area contributed by atoms with Gasteiger partial charge < -0.3 is 14.0 Å². The zero-order valence-electron chi connectivity index (χ0n) is 13.2. The first-order chi connectivity index (χ1) is 12.3. The predicted octanol–water partition coefficient (Wildman–Crippen LogP) is 5.92. The standard InChI is InChI=1S/C20H15ClNO2P/c21-19-17-13-7-8-14-18(17)22-20(19)25(23-15-9-3-1-4-10-15)24-16-11-5-2-6-12-16/h1-14,22H. The van der Waals surface area contributed by atoms with Crippen molar-refractivity contribution in [2.75, 3.05) is 0 Å². The van der Waals surface area contributed by atoms with Crippen molar-refractivity contribution in [1.82, 2.24) is 4.98 Å².